The number of hydrogen-bond donors (Lipinski definition) is 1. The first kappa shape index (κ1) is 12.8. The maximum atomic E-state index is 11.8. The highest BCUT2D eigenvalue weighted by atomic mass is 16.2. The number of nitrogens with two attached hydrogens (primary N) is 1. The van der Waals surface area contributed by atoms with E-state index in [-0.39, 0.29) is 6.04 Å². The molecule has 4 heteroatoms. The van der Waals surface area contributed by atoms with Crippen molar-refractivity contribution in [1.82, 2.24) is 9.80 Å². The van der Waals surface area contributed by atoms with Crippen LogP contribution in [0.4, 0.5) is 0 Å². The molecule has 0 saturated carbocycles. The minimum absolute atomic E-state index is 0.166. The lowest BCUT2D eigenvalue weighted by atomic mass is 9.93. The van der Waals surface area contributed by atoms with E-state index in [4.69, 9.17) is 5.73 Å². The summed E-state index contributed by atoms with van der Waals surface area (Å²) in [6.45, 7) is 7.32. The Morgan fingerprint density at radius 2 is 2.00 bits per heavy atom. The number of rotatable bonds is 4. The minimum atomic E-state index is 0.166. The number of nitrogens with zero attached hydrogens (tertiary/aromatic N) is 2. The Kier molecular flexibility index (Phi) is 4.40. The van der Waals surface area contributed by atoms with Gasteiger partial charge in [-0.3, -0.25) is 4.79 Å². The van der Waals surface area contributed by atoms with E-state index in [0.717, 1.165) is 26.1 Å². The second-order valence-corrected chi connectivity index (χ2v) is 5.59. The molecule has 0 aromatic heterocycles. The molecule has 2 fully saturated rings. The summed E-state index contributed by atoms with van der Waals surface area (Å²) in [7, 11) is 0. The fourth-order valence-electron chi connectivity index (χ4n) is 2.80. The predicted molar refractivity (Wildman–Crippen MR) is 68.6 cm³/mol. The maximum Gasteiger partial charge on any atom is 0.222 e. The first-order valence-electron chi connectivity index (χ1n) is 6.92. The van der Waals surface area contributed by atoms with Gasteiger partial charge in [-0.25, -0.2) is 0 Å². The molecule has 98 valence electrons. The number of piperidine rings is 1. The Labute approximate surface area is 104 Å². The fraction of sp³-hybridized carbons (Fsp3) is 0.923. The quantitative estimate of drug-likeness (QED) is 0.784. The van der Waals surface area contributed by atoms with E-state index >= 15 is 0 Å². The van der Waals surface area contributed by atoms with Gasteiger partial charge >= 0.3 is 0 Å². The Hall–Kier alpha value is -0.610. The predicted octanol–water partition coefficient (Wildman–Crippen LogP) is 0.668. The first-order valence-corrected chi connectivity index (χ1v) is 6.92. The van der Waals surface area contributed by atoms with Gasteiger partial charge in [0.05, 0.1) is 0 Å². The van der Waals surface area contributed by atoms with Crippen LogP contribution in [0.15, 0.2) is 0 Å². The summed E-state index contributed by atoms with van der Waals surface area (Å²) in [5.74, 6) is 0.637. The van der Waals surface area contributed by atoms with Gasteiger partial charge in [0.1, 0.15) is 0 Å². The molecule has 0 spiro atoms. The van der Waals surface area contributed by atoms with Crippen LogP contribution in [-0.2, 0) is 4.79 Å². The van der Waals surface area contributed by atoms with Crippen LogP contribution in [0.25, 0.3) is 0 Å². The number of carbonyl (C=O) groups excluding carboxylic acids is 1. The summed E-state index contributed by atoms with van der Waals surface area (Å²) in [6.07, 6.45) is 4.40. The largest absolute Gasteiger partial charge is 0.341 e. The van der Waals surface area contributed by atoms with E-state index in [1.165, 1.54) is 25.9 Å². The molecule has 2 unspecified atom stereocenters. The first-order chi connectivity index (χ1) is 8.16. The van der Waals surface area contributed by atoms with Crippen LogP contribution >= 0.6 is 0 Å². The molecular weight excluding hydrogens is 214 g/mol. The van der Waals surface area contributed by atoms with Crippen molar-refractivity contribution >= 4 is 5.91 Å². The van der Waals surface area contributed by atoms with Crippen LogP contribution < -0.4 is 5.73 Å². The Bertz CT molecular complexity index is 263. The van der Waals surface area contributed by atoms with E-state index in [1.54, 1.807) is 0 Å². The van der Waals surface area contributed by atoms with Gasteiger partial charge in [0.15, 0.2) is 0 Å². The number of hydrogen-bond acceptors (Lipinski definition) is 3. The summed E-state index contributed by atoms with van der Waals surface area (Å²) < 4.78 is 0. The van der Waals surface area contributed by atoms with Crippen molar-refractivity contribution in [2.45, 2.75) is 38.6 Å². The molecule has 2 heterocycles. The maximum absolute atomic E-state index is 11.8. The van der Waals surface area contributed by atoms with Crippen molar-refractivity contribution in [2.24, 2.45) is 11.7 Å². The van der Waals surface area contributed by atoms with Crippen molar-refractivity contribution in [1.29, 1.82) is 0 Å². The molecule has 2 N–H and O–H groups in total. The molecular formula is C13H25N3O. The third kappa shape index (κ3) is 3.42. The third-order valence-electron chi connectivity index (χ3n) is 4.11. The van der Waals surface area contributed by atoms with Gasteiger partial charge in [0.25, 0.3) is 0 Å². The molecule has 1 amide bonds. The molecule has 2 rings (SSSR count). The second kappa shape index (κ2) is 5.83. The van der Waals surface area contributed by atoms with Crippen molar-refractivity contribution in [3.8, 4) is 0 Å². The molecule has 2 aliphatic heterocycles. The smallest absolute Gasteiger partial charge is 0.222 e. The topological polar surface area (TPSA) is 49.6 Å². The molecule has 2 aliphatic rings. The monoisotopic (exact) mass is 239 g/mol. The zero-order chi connectivity index (χ0) is 12.3. The van der Waals surface area contributed by atoms with Crippen LogP contribution in [0.3, 0.4) is 0 Å². The Morgan fingerprint density at radius 3 is 2.71 bits per heavy atom. The molecule has 17 heavy (non-hydrogen) atoms. The van der Waals surface area contributed by atoms with E-state index in [2.05, 4.69) is 11.8 Å². The molecule has 0 radical (unpaired) electrons. The van der Waals surface area contributed by atoms with E-state index in [9.17, 15) is 4.79 Å². The second-order valence-electron chi connectivity index (χ2n) is 5.59. The fourth-order valence-corrected chi connectivity index (χ4v) is 2.80. The standard InChI is InChI=1S/C13H25N3O/c1-11-9-13(17)16(10-12(11)14)8-4-7-15-5-2-3-6-15/h11-12H,2-10,14H2,1H3. The average molecular weight is 239 g/mol. The molecule has 0 aromatic rings. The summed E-state index contributed by atoms with van der Waals surface area (Å²) in [5, 5.41) is 0. The molecule has 2 atom stereocenters. The van der Waals surface area contributed by atoms with Crippen LogP contribution in [-0.4, -0.2) is 54.5 Å². The SMILES string of the molecule is CC1CC(=O)N(CCCN2CCCC2)CC1N. The van der Waals surface area contributed by atoms with Crippen LogP contribution in [0.1, 0.15) is 32.6 Å². The normalized spacial score (nSPS) is 31.2. The van der Waals surface area contributed by atoms with Gasteiger partial charge < -0.3 is 15.5 Å². The van der Waals surface area contributed by atoms with E-state index in [1.807, 2.05) is 4.90 Å². The number of carbonyl (C=O) groups is 1. The van der Waals surface area contributed by atoms with Crippen LogP contribution in [0.2, 0.25) is 0 Å². The lowest BCUT2D eigenvalue weighted by Crippen LogP contribution is -2.50. The third-order valence-corrected chi connectivity index (χ3v) is 4.11. The molecule has 2 saturated heterocycles. The van der Waals surface area contributed by atoms with Crippen molar-refractivity contribution in [2.75, 3.05) is 32.7 Å². The van der Waals surface area contributed by atoms with Crippen molar-refractivity contribution in [3.05, 3.63) is 0 Å². The van der Waals surface area contributed by atoms with Gasteiger partial charge in [-0.15, -0.1) is 0 Å². The van der Waals surface area contributed by atoms with Gasteiger partial charge in [-0.1, -0.05) is 6.92 Å². The number of likely N-dealkylation sites (tertiary alicyclic amines) is 2. The zero-order valence-electron chi connectivity index (χ0n) is 10.9. The zero-order valence-corrected chi connectivity index (χ0v) is 10.9. The summed E-state index contributed by atoms with van der Waals surface area (Å²) in [5.41, 5.74) is 6.02. The average Bonchev–Trinajstić information content (AvgIpc) is 2.78. The van der Waals surface area contributed by atoms with Crippen LogP contribution in [0.5, 0.6) is 0 Å². The van der Waals surface area contributed by atoms with Gasteiger partial charge in [-0.05, 0) is 44.8 Å². The highest BCUT2D eigenvalue weighted by Gasteiger charge is 2.28. The Morgan fingerprint density at radius 1 is 1.29 bits per heavy atom. The van der Waals surface area contributed by atoms with Crippen molar-refractivity contribution in [3.63, 3.8) is 0 Å². The Balaban J connectivity index is 1.69. The van der Waals surface area contributed by atoms with Crippen molar-refractivity contribution < 1.29 is 4.79 Å². The molecule has 0 aromatic carbocycles. The molecule has 0 aliphatic carbocycles. The van der Waals surface area contributed by atoms with Gasteiger partial charge in [-0.2, -0.15) is 0 Å². The lowest BCUT2D eigenvalue weighted by molar-refractivity contribution is -0.135. The molecule has 0 bridgehead atoms. The summed E-state index contributed by atoms with van der Waals surface area (Å²) >= 11 is 0. The summed E-state index contributed by atoms with van der Waals surface area (Å²) in [6, 6.07) is 0.166. The van der Waals surface area contributed by atoms with E-state index in [0.29, 0.717) is 18.2 Å². The van der Waals surface area contributed by atoms with E-state index < -0.39 is 0 Å². The highest BCUT2D eigenvalue weighted by molar-refractivity contribution is 5.77. The summed E-state index contributed by atoms with van der Waals surface area (Å²) in [4.78, 5) is 16.3. The van der Waals surface area contributed by atoms with Gasteiger partial charge in [0, 0.05) is 25.6 Å². The lowest BCUT2D eigenvalue weighted by Gasteiger charge is -2.35. The molecule has 4 nitrogen and oxygen atoms in total. The van der Waals surface area contributed by atoms with Gasteiger partial charge in [0.2, 0.25) is 5.91 Å². The van der Waals surface area contributed by atoms with Crippen LogP contribution in [0, 0.1) is 5.92 Å². The number of amides is 1. The minimum Gasteiger partial charge on any atom is -0.341 e. The highest BCUT2D eigenvalue weighted by Crippen LogP contribution is 2.17.